The molecule has 2 N–H and O–H groups in total. The van der Waals surface area contributed by atoms with Gasteiger partial charge in [0.1, 0.15) is 12.3 Å². The van der Waals surface area contributed by atoms with Crippen LogP contribution in [-0.4, -0.2) is 37.5 Å². The minimum atomic E-state index is -0.963. The number of nitrogens with one attached hydrogen (secondary N) is 2. The summed E-state index contributed by atoms with van der Waals surface area (Å²) in [6, 6.07) is 15.9. The number of methoxy groups -OCH3 is 1. The van der Waals surface area contributed by atoms with Gasteiger partial charge in [-0.1, -0.05) is 36.4 Å². The average Bonchev–Trinajstić information content (AvgIpc) is 2.70. The van der Waals surface area contributed by atoms with Gasteiger partial charge in [0, 0.05) is 12.1 Å². The van der Waals surface area contributed by atoms with Crippen LogP contribution in [0.2, 0.25) is 0 Å². The molecule has 27 heavy (non-hydrogen) atoms. The zero-order chi connectivity index (χ0) is 19.6. The summed E-state index contributed by atoms with van der Waals surface area (Å²) in [6.45, 7) is 1.47. The van der Waals surface area contributed by atoms with Crippen molar-refractivity contribution in [1.29, 1.82) is 0 Å². The van der Waals surface area contributed by atoms with E-state index in [0.29, 0.717) is 17.9 Å². The van der Waals surface area contributed by atoms with Crippen LogP contribution in [0.25, 0.3) is 0 Å². The molecule has 1 atom stereocenters. The number of carbonyl (C=O) groups is 3. The second kappa shape index (κ2) is 9.96. The topological polar surface area (TPSA) is 93.7 Å². The molecule has 2 aromatic carbocycles. The van der Waals surface area contributed by atoms with Crippen LogP contribution in [0, 0.1) is 0 Å². The van der Waals surface area contributed by atoms with E-state index in [1.807, 2.05) is 30.3 Å². The van der Waals surface area contributed by atoms with Crippen molar-refractivity contribution in [2.45, 2.75) is 19.6 Å². The maximum atomic E-state index is 12.0. The number of hydrogen-bond acceptors (Lipinski definition) is 5. The molecule has 0 aliphatic rings. The fourth-order valence-corrected chi connectivity index (χ4v) is 2.24. The Bertz CT molecular complexity index is 792. The van der Waals surface area contributed by atoms with Gasteiger partial charge in [0.2, 0.25) is 0 Å². The molecule has 0 radical (unpaired) electrons. The molecule has 0 saturated carbocycles. The SMILES string of the molecule is COc1cccc(C(=O)NCC(=O)O[C@H](C)C(=O)NCc2ccccc2)c1. The summed E-state index contributed by atoms with van der Waals surface area (Å²) in [5.41, 5.74) is 1.30. The molecule has 7 heteroatoms. The van der Waals surface area contributed by atoms with E-state index < -0.39 is 23.9 Å². The minimum Gasteiger partial charge on any atom is -0.497 e. The average molecular weight is 370 g/mol. The predicted molar refractivity (Wildman–Crippen MR) is 99.2 cm³/mol. The minimum absolute atomic E-state index is 0.341. The van der Waals surface area contributed by atoms with E-state index in [1.165, 1.54) is 14.0 Å². The number of hydrogen-bond donors (Lipinski definition) is 2. The summed E-state index contributed by atoms with van der Waals surface area (Å²) < 4.78 is 10.1. The first-order chi connectivity index (χ1) is 13.0. The molecule has 142 valence electrons. The zero-order valence-corrected chi connectivity index (χ0v) is 15.2. The van der Waals surface area contributed by atoms with Crippen molar-refractivity contribution >= 4 is 17.8 Å². The quantitative estimate of drug-likeness (QED) is 0.690. The third kappa shape index (κ3) is 6.47. The van der Waals surface area contributed by atoms with Crippen LogP contribution in [0.3, 0.4) is 0 Å². The molecule has 0 aliphatic heterocycles. The third-order valence-electron chi connectivity index (χ3n) is 3.71. The number of carbonyl (C=O) groups excluding carboxylic acids is 3. The lowest BCUT2D eigenvalue weighted by Crippen LogP contribution is -2.38. The maximum absolute atomic E-state index is 12.0. The third-order valence-corrected chi connectivity index (χ3v) is 3.71. The molecular weight excluding hydrogens is 348 g/mol. The van der Waals surface area contributed by atoms with Crippen LogP contribution in [0.15, 0.2) is 54.6 Å². The monoisotopic (exact) mass is 370 g/mol. The van der Waals surface area contributed by atoms with E-state index >= 15 is 0 Å². The van der Waals surface area contributed by atoms with E-state index in [9.17, 15) is 14.4 Å². The van der Waals surface area contributed by atoms with Gasteiger partial charge in [0.25, 0.3) is 11.8 Å². The maximum Gasteiger partial charge on any atom is 0.326 e. The fraction of sp³-hybridized carbons (Fsp3) is 0.250. The van der Waals surface area contributed by atoms with Crippen LogP contribution in [-0.2, 0) is 20.9 Å². The molecule has 0 aliphatic carbocycles. The highest BCUT2D eigenvalue weighted by molar-refractivity contribution is 5.96. The van der Waals surface area contributed by atoms with Crippen molar-refractivity contribution in [3.8, 4) is 5.75 Å². The smallest absolute Gasteiger partial charge is 0.326 e. The van der Waals surface area contributed by atoms with Crippen molar-refractivity contribution in [1.82, 2.24) is 10.6 Å². The van der Waals surface area contributed by atoms with Gasteiger partial charge >= 0.3 is 5.97 Å². The van der Waals surface area contributed by atoms with E-state index in [0.717, 1.165) is 5.56 Å². The number of rotatable bonds is 8. The van der Waals surface area contributed by atoms with Gasteiger partial charge in [0.05, 0.1) is 7.11 Å². The van der Waals surface area contributed by atoms with Crippen LogP contribution >= 0.6 is 0 Å². The highest BCUT2D eigenvalue weighted by atomic mass is 16.5. The van der Waals surface area contributed by atoms with Crippen molar-refractivity contribution in [2.75, 3.05) is 13.7 Å². The first-order valence-electron chi connectivity index (χ1n) is 8.43. The second-order valence-corrected chi connectivity index (χ2v) is 5.75. The van der Waals surface area contributed by atoms with Gasteiger partial charge in [-0.2, -0.15) is 0 Å². The van der Waals surface area contributed by atoms with Gasteiger partial charge < -0.3 is 20.1 Å². The van der Waals surface area contributed by atoms with E-state index in [-0.39, 0.29) is 6.54 Å². The molecule has 2 amide bonds. The summed E-state index contributed by atoms with van der Waals surface area (Å²) in [5.74, 6) is -1.01. The van der Waals surface area contributed by atoms with Crippen molar-refractivity contribution in [2.24, 2.45) is 0 Å². The lowest BCUT2D eigenvalue weighted by molar-refractivity contribution is -0.153. The van der Waals surface area contributed by atoms with Crippen LogP contribution in [0.5, 0.6) is 5.75 Å². The Hall–Kier alpha value is -3.35. The van der Waals surface area contributed by atoms with Crippen LogP contribution < -0.4 is 15.4 Å². The van der Waals surface area contributed by atoms with Crippen molar-refractivity contribution in [3.05, 3.63) is 65.7 Å². The molecule has 0 unspecified atom stereocenters. The largest absolute Gasteiger partial charge is 0.497 e. The summed E-state index contributed by atoms with van der Waals surface area (Å²) in [4.78, 5) is 35.9. The summed E-state index contributed by atoms with van der Waals surface area (Å²) in [6.07, 6.45) is -0.963. The number of benzene rings is 2. The fourth-order valence-electron chi connectivity index (χ4n) is 2.24. The summed E-state index contributed by atoms with van der Waals surface area (Å²) >= 11 is 0. The van der Waals surface area contributed by atoms with Gasteiger partial charge in [-0.3, -0.25) is 14.4 Å². The summed E-state index contributed by atoms with van der Waals surface area (Å²) in [7, 11) is 1.50. The normalized spacial score (nSPS) is 11.2. The molecule has 0 spiro atoms. The first kappa shape index (κ1) is 20.0. The van der Waals surface area contributed by atoms with E-state index in [4.69, 9.17) is 9.47 Å². The lowest BCUT2D eigenvalue weighted by atomic mass is 10.2. The molecule has 2 aromatic rings. The predicted octanol–water partition coefficient (Wildman–Crippen LogP) is 1.67. The molecule has 0 heterocycles. The first-order valence-corrected chi connectivity index (χ1v) is 8.43. The molecule has 0 bridgehead atoms. The lowest BCUT2D eigenvalue weighted by Gasteiger charge is -2.14. The zero-order valence-electron chi connectivity index (χ0n) is 15.2. The Balaban J connectivity index is 1.75. The molecule has 0 aromatic heterocycles. The van der Waals surface area contributed by atoms with E-state index in [2.05, 4.69) is 10.6 Å². The Labute approximate surface area is 157 Å². The number of amides is 2. The standard InChI is InChI=1S/C20H22N2O5/c1-14(19(24)21-12-15-7-4-3-5-8-15)27-18(23)13-22-20(25)16-9-6-10-17(11-16)26-2/h3-11,14H,12-13H2,1-2H3,(H,21,24)(H,22,25)/t14-/m1/s1. The summed E-state index contributed by atoms with van der Waals surface area (Å²) in [5, 5.41) is 5.14. The number of ether oxygens (including phenoxy) is 2. The molecule has 7 nitrogen and oxygen atoms in total. The number of esters is 1. The van der Waals surface area contributed by atoms with Gasteiger partial charge in [-0.25, -0.2) is 0 Å². The van der Waals surface area contributed by atoms with E-state index in [1.54, 1.807) is 24.3 Å². The van der Waals surface area contributed by atoms with Crippen LogP contribution in [0.1, 0.15) is 22.8 Å². The van der Waals surface area contributed by atoms with Crippen LogP contribution in [0.4, 0.5) is 0 Å². The Morgan fingerprint density at radius 3 is 2.44 bits per heavy atom. The van der Waals surface area contributed by atoms with Gasteiger partial charge in [-0.05, 0) is 30.7 Å². The van der Waals surface area contributed by atoms with Crippen molar-refractivity contribution < 1.29 is 23.9 Å². The van der Waals surface area contributed by atoms with Crippen molar-refractivity contribution in [3.63, 3.8) is 0 Å². The Morgan fingerprint density at radius 1 is 1.00 bits per heavy atom. The molecule has 2 rings (SSSR count). The highest BCUT2D eigenvalue weighted by Crippen LogP contribution is 2.12. The Kier molecular flexibility index (Phi) is 7.37. The van der Waals surface area contributed by atoms with Gasteiger partial charge in [-0.15, -0.1) is 0 Å². The van der Waals surface area contributed by atoms with Gasteiger partial charge in [0.15, 0.2) is 6.10 Å². The molecule has 0 fully saturated rings. The second-order valence-electron chi connectivity index (χ2n) is 5.75. The molecule has 0 saturated heterocycles. The molecular formula is C20H22N2O5. The Morgan fingerprint density at radius 2 is 1.74 bits per heavy atom. The highest BCUT2D eigenvalue weighted by Gasteiger charge is 2.18.